The number of hydrogen-bond acceptors (Lipinski definition) is 2. The van der Waals surface area contributed by atoms with Crippen molar-refractivity contribution in [3.63, 3.8) is 0 Å². The van der Waals surface area contributed by atoms with Crippen LogP contribution in [0.4, 0.5) is 10.1 Å². The molecule has 0 aliphatic rings. The van der Waals surface area contributed by atoms with Gasteiger partial charge in [0.25, 0.3) is 0 Å². The van der Waals surface area contributed by atoms with Crippen LogP contribution in [0.1, 0.15) is 11.1 Å². The zero-order valence-corrected chi connectivity index (χ0v) is 11.8. The first kappa shape index (κ1) is 14.3. The minimum Gasteiger partial charge on any atom is -0.384 e. The Morgan fingerprint density at radius 3 is 2.65 bits per heavy atom. The second-order valence-electron chi connectivity index (χ2n) is 4.52. The first-order valence-corrected chi connectivity index (χ1v) is 6.45. The molecular formula is C15H15ClFN3. The lowest BCUT2D eigenvalue weighted by Gasteiger charge is -2.22. The minimum atomic E-state index is -0.252. The highest BCUT2D eigenvalue weighted by Crippen LogP contribution is 2.25. The van der Waals surface area contributed by atoms with Gasteiger partial charge in [-0.3, -0.25) is 5.41 Å². The number of amidine groups is 1. The fraction of sp³-hybridized carbons (Fsp3) is 0.133. The molecule has 0 saturated heterocycles. The van der Waals surface area contributed by atoms with Crippen molar-refractivity contribution in [3.8, 4) is 0 Å². The van der Waals surface area contributed by atoms with E-state index in [9.17, 15) is 4.39 Å². The predicted molar refractivity (Wildman–Crippen MR) is 81.0 cm³/mol. The second kappa shape index (κ2) is 5.92. The number of rotatable bonds is 4. The van der Waals surface area contributed by atoms with Crippen LogP contribution in [0.2, 0.25) is 5.02 Å². The van der Waals surface area contributed by atoms with E-state index >= 15 is 0 Å². The van der Waals surface area contributed by atoms with E-state index in [1.807, 2.05) is 11.9 Å². The van der Waals surface area contributed by atoms with Crippen LogP contribution < -0.4 is 10.6 Å². The Labute approximate surface area is 122 Å². The maximum atomic E-state index is 13.7. The van der Waals surface area contributed by atoms with Crippen LogP contribution in [0.5, 0.6) is 0 Å². The maximum absolute atomic E-state index is 13.7. The molecule has 5 heteroatoms. The van der Waals surface area contributed by atoms with Gasteiger partial charge in [-0.2, -0.15) is 0 Å². The molecule has 0 amide bonds. The highest BCUT2D eigenvalue weighted by Gasteiger charge is 2.12. The van der Waals surface area contributed by atoms with Crippen molar-refractivity contribution in [1.29, 1.82) is 5.41 Å². The molecular weight excluding hydrogens is 277 g/mol. The van der Waals surface area contributed by atoms with Crippen LogP contribution in [0.15, 0.2) is 42.5 Å². The molecule has 0 bridgehead atoms. The van der Waals surface area contributed by atoms with E-state index in [4.69, 9.17) is 22.7 Å². The Morgan fingerprint density at radius 2 is 2.00 bits per heavy atom. The molecule has 0 fully saturated rings. The van der Waals surface area contributed by atoms with Gasteiger partial charge in [0.1, 0.15) is 11.7 Å². The number of nitrogen functional groups attached to an aromatic ring is 1. The fourth-order valence-electron chi connectivity index (χ4n) is 2.02. The van der Waals surface area contributed by atoms with E-state index in [2.05, 4.69) is 0 Å². The van der Waals surface area contributed by atoms with Crippen molar-refractivity contribution < 1.29 is 4.39 Å². The molecule has 2 aromatic carbocycles. The summed E-state index contributed by atoms with van der Waals surface area (Å²) in [4.78, 5) is 1.84. The van der Waals surface area contributed by atoms with Gasteiger partial charge in [0.15, 0.2) is 0 Å². The van der Waals surface area contributed by atoms with Gasteiger partial charge in [-0.25, -0.2) is 4.39 Å². The van der Waals surface area contributed by atoms with E-state index in [1.54, 1.807) is 36.4 Å². The number of nitrogens with zero attached hydrogens (tertiary/aromatic N) is 1. The highest BCUT2D eigenvalue weighted by atomic mass is 35.5. The molecule has 2 aromatic rings. The van der Waals surface area contributed by atoms with Gasteiger partial charge in [-0.15, -0.1) is 0 Å². The molecule has 0 unspecified atom stereocenters. The molecule has 0 aliphatic carbocycles. The molecule has 0 saturated carbocycles. The zero-order chi connectivity index (χ0) is 14.7. The monoisotopic (exact) mass is 291 g/mol. The topological polar surface area (TPSA) is 53.1 Å². The van der Waals surface area contributed by atoms with Gasteiger partial charge in [0.2, 0.25) is 0 Å². The van der Waals surface area contributed by atoms with Crippen molar-refractivity contribution in [1.82, 2.24) is 0 Å². The molecule has 104 valence electrons. The van der Waals surface area contributed by atoms with Gasteiger partial charge in [-0.1, -0.05) is 29.8 Å². The van der Waals surface area contributed by atoms with Gasteiger partial charge < -0.3 is 10.6 Å². The van der Waals surface area contributed by atoms with Crippen molar-refractivity contribution in [2.75, 3.05) is 11.9 Å². The van der Waals surface area contributed by atoms with E-state index in [0.29, 0.717) is 22.7 Å². The molecule has 2 rings (SSSR count). The maximum Gasteiger partial charge on any atom is 0.128 e. The van der Waals surface area contributed by atoms with Crippen LogP contribution in [0, 0.1) is 11.2 Å². The summed E-state index contributed by atoms with van der Waals surface area (Å²) >= 11 is 5.92. The van der Waals surface area contributed by atoms with E-state index in [-0.39, 0.29) is 11.7 Å². The van der Waals surface area contributed by atoms with Crippen molar-refractivity contribution in [3.05, 3.63) is 64.4 Å². The SMILES string of the molecule is CN(Cc1ccccc1F)c1ccc(Cl)cc1C(=N)N. The lowest BCUT2D eigenvalue weighted by Crippen LogP contribution is -2.22. The Morgan fingerprint density at radius 1 is 1.30 bits per heavy atom. The third kappa shape index (κ3) is 3.08. The Balaban J connectivity index is 2.32. The van der Waals surface area contributed by atoms with Crippen molar-refractivity contribution >= 4 is 23.1 Å². The van der Waals surface area contributed by atoms with Gasteiger partial charge in [0.05, 0.1) is 0 Å². The molecule has 0 heterocycles. The number of halogens is 2. The lowest BCUT2D eigenvalue weighted by molar-refractivity contribution is 0.608. The Bertz CT molecular complexity index is 643. The standard InChI is InChI=1S/C15H15ClFN3/c1-20(9-10-4-2-3-5-13(10)17)14-7-6-11(16)8-12(14)15(18)19/h2-8H,9H2,1H3,(H3,18,19). The Hall–Kier alpha value is -2.07. The first-order chi connectivity index (χ1) is 9.49. The summed E-state index contributed by atoms with van der Waals surface area (Å²) in [5.74, 6) is -0.319. The summed E-state index contributed by atoms with van der Waals surface area (Å²) in [6, 6.07) is 11.7. The van der Waals surface area contributed by atoms with Gasteiger partial charge in [0, 0.05) is 35.4 Å². The smallest absolute Gasteiger partial charge is 0.128 e. The third-order valence-electron chi connectivity index (χ3n) is 3.03. The number of benzene rings is 2. The lowest BCUT2D eigenvalue weighted by atomic mass is 10.1. The molecule has 0 aliphatic heterocycles. The normalized spacial score (nSPS) is 10.3. The second-order valence-corrected chi connectivity index (χ2v) is 4.96. The number of nitrogens with one attached hydrogen (secondary N) is 1. The summed E-state index contributed by atoms with van der Waals surface area (Å²) < 4.78 is 13.7. The highest BCUT2D eigenvalue weighted by molar-refractivity contribution is 6.31. The summed E-state index contributed by atoms with van der Waals surface area (Å²) in [6.07, 6.45) is 0. The van der Waals surface area contributed by atoms with Crippen LogP contribution in [0.25, 0.3) is 0 Å². The van der Waals surface area contributed by atoms with Gasteiger partial charge in [-0.05, 0) is 24.3 Å². The van der Waals surface area contributed by atoms with E-state index < -0.39 is 0 Å². The molecule has 3 N–H and O–H groups in total. The quantitative estimate of drug-likeness (QED) is 0.670. The number of anilines is 1. The fourth-order valence-corrected chi connectivity index (χ4v) is 2.20. The average Bonchev–Trinajstić information content (AvgIpc) is 2.41. The number of hydrogen-bond donors (Lipinski definition) is 2. The van der Waals surface area contributed by atoms with Crippen molar-refractivity contribution in [2.24, 2.45) is 5.73 Å². The first-order valence-electron chi connectivity index (χ1n) is 6.07. The molecule has 0 aromatic heterocycles. The zero-order valence-electron chi connectivity index (χ0n) is 11.0. The predicted octanol–water partition coefficient (Wildman–Crippen LogP) is 3.40. The molecule has 0 radical (unpaired) electrons. The van der Waals surface area contributed by atoms with Gasteiger partial charge >= 0.3 is 0 Å². The molecule has 3 nitrogen and oxygen atoms in total. The van der Waals surface area contributed by atoms with Crippen LogP contribution >= 0.6 is 11.6 Å². The summed E-state index contributed by atoms with van der Waals surface area (Å²) in [5.41, 5.74) is 7.43. The van der Waals surface area contributed by atoms with Crippen LogP contribution in [0.3, 0.4) is 0 Å². The van der Waals surface area contributed by atoms with E-state index in [0.717, 1.165) is 5.69 Å². The largest absolute Gasteiger partial charge is 0.384 e. The summed E-state index contributed by atoms with van der Waals surface area (Å²) in [7, 11) is 1.82. The number of nitrogens with two attached hydrogens (primary N) is 1. The van der Waals surface area contributed by atoms with Crippen molar-refractivity contribution in [2.45, 2.75) is 6.54 Å². The van der Waals surface area contributed by atoms with E-state index in [1.165, 1.54) is 6.07 Å². The molecule has 0 atom stereocenters. The molecule has 0 spiro atoms. The summed E-state index contributed by atoms with van der Waals surface area (Å²) in [5, 5.41) is 8.12. The minimum absolute atomic E-state index is 0.0668. The summed E-state index contributed by atoms with van der Waals surface area (Å²) in [6.45, 7) is 0.384. The third-order valence-corrected chi connectivity index (χ3v) is 3.26. The Kier molecular flexibility index (Phi) is 4.25. The van der Waals surface area contributed by atoms with Crippen LogP contribution in [-0.4, -0.2) is 12.9 Å². The van der Waals surface area contributed by atoms with Crippen LogP contribution in [-0.2, 0) is 6.54 Å². The average molecular weight is 292 g/mol. The molecule has 20 heavy (non-hydrogen) atoms.